The van der Waals surface area contributed by atoms with Crippen molar-refractivity contribution in [1.82, 2.24) is 0 Å². The van der Waals surface area contributed by atoms with Crippen molar-refractivity contribution in [3.8, 4) is 6.07 Å². The number of carbonyl (C=O) groups excluding carboxylic acids is 2. The van der Waals surface area contributed by atoms with E-state index in [9.17, 15) is 36.3 Å². The zero-order chi connectivity index (χ0) is 25.0. The van der Waals surface area contributed by atoms with Gasteiger partial charge in [0.2, 0.25) is 5.91 Å². The summed E-state index contributed by atoms with van der Waals surface area (Å²) in [5, 5.41) is 23.7. The highest BCUT2D eigenvalue weighted by Gasteiger charge is 2.38. The van der Waals surface area contributed by atoms with Gasteiger partial charge in [-0.2, -0.15) is 31.9 Å². The molecule has 14 heteroatoms. The molecule has 3 N–H and O–H groups in total. The first kappa shape index (κ1) is 29.2. The average molecular weight is 538 g/mol. The Hall–Kier alpha value is -2.79. The number of hydrogen-bond donors (Lipinski definition) is 3. The molecule has 0 spiro atoms. The third-order valence-electron chi connectivity index (χ3n) is 4.28. The summed E-state index contributed by atoms with van der Waals surface area (Å²) in [4.78, 5) is 23.4. The lowest BCUT2D eigenvalue weighted by molar-refractivity contribution is -0.137. The van der Waals surface area contributed by atoms with Gasteiger partial charge in [0.15, 0.2) is 15.4 Å². The summed E-state index contributed by atoms with van der Waals surface area (Å²) in [6, 6.07) is 8.60. The van der Waals surface area contributed by atoms with Crippen LogP contribution in [0.5, 0.6) is 0 Å². The fraction of sp³-hybridized carbons (Fsp3) is 0.250. The van der Waals surface area contributed by atoms with Gasteiger partial charge in [-0.1, -0.05) is 0 Å². The molecule has 1 atom stereocenters. The summed E-state index contributed by atoms with van der Waals surface area (Å²) in [5.74, 6) is -3.16. The SMILES string of the molecule is C[C@@](O)(CS(=O)(=O)c1ccc(NC(=O)CCl)cc1)C(=O)Nc1ccc(C#N)c(C(F)(F)F)c1.S. The fourth-order valence-electron chi connectivity index (χ4n) is 2.68. The number of nitrogens with one attached hydrogen (secondary N) is 2. The van der Waals surface area contributed by atoms with Gasteiger partial charge in [-0.15, -0.1) is 11.6 Å². The molecule has 0 aromatic heterocycles. The zero-order valence-corrected chi connectivity index (χ0v) is 20.0. The number of sulfone groups is 1. The van der Waals surface area contributed by atoms with Gasteiger partial charge in [-0.25, -0.2) is 8.42 Å². The van der Waals surface area contributed by atoms with Gasteiger partial charge >= 0.3 is 6.18 Å². The summed E-state index contributed by atoms with van der Waals surface area (Å²) < 4.78 is 64.5. The molecule has 0 saturated carbocycles. The number of nitriles is 1. The van der Waals surface area contributed by atoms with Gasteiger partial charge in [0.05, 0.1) is 27.8 Å². The maximum absolute atomic E-state index is 13.1. The number of nitrogens with zero attached hydrogens (tertiary/aromatic N) is 1. The van der Waals surface area contributed by atoms with Crippen LogP contribution in [0.4, 0.5) is 24.5 Å². The smallest absolute Gasteiger partial charge is 0.379 e. The van der Waals surface area contributed by atoms with Crippen molar-refractivity contribution in [3.05, 3.63) is 53.6 Å². The van der Waals surface area contributed by atoms with E-state index in [0.717, 1.165) is 31.2 Å². The largest absolute Gasteiger partial charge is 0.417 e. The first-order chi connectivity index (χ1) is 15.2. The second-order valence-corrected chi connectivity index (χ2v) is 9.32. The third kappa shape index (κ3) is 7.36. The minimum Gasteiger partial charge on any atom is -0.379 e. The van der Waals surface area contributed by atoms with Crippen LogP contribution in [0.3, 0.4) is 0 Å². The summed E-state index contributed by atoms with van der Waals surface area (Å²) in [6.45, 7) is 0.892. The van der Waals surface area contributed by atoms with Gasteiger partial charge in [0.1, 0.15) is 5.88 Å². The normalized spacial score (nSPS) is 13.1. The topological polar surface area (TPSA) is 136 Å². The number of rotatable bonds is 7. The van der Waals surface area contributed by atoms with E-state index in [1.807, 2.05) is 5.32 Å². The van der Waals surface area contributed by atoms with Crippen molar-refractivity contribution in [2.75, 3.05) is 22.3 Å². The summed E-state index contributed by atoms with van der Waals surface area (Å²) >= 11 is 5.37. The Labute approximate surface area is 205 Å². The van der Waals surface area contributed by atoms with Crippen LogP contribution in [0.15, 0.2) is 47.4 Å². The molecule has 2 amide bonds. The molecule has 0 radical (unpaired) electrons. The summed E-state index contributed by atoms with van der Waals surface area (Å²) in [6.07, 6.45) is -4.87. The van der Waals surface area contributed by atoms with Crippen molar-refractivity contribution in [2.24, 2.45) is 0 Å². The molecule has 0 heterocycles. The van der Waals surface area contributed by atoms with Crippen molar-refractivity contribution in [3.63, 3.8) is 0 Å². The van der Waals surface area contributed by atoms with Crippen LogP contribution in [0.1, 0.15) is 18.1 Å². The fourth-order valence-corrected chi connectivity index (χ4v) is 4.33. The molecule has 8 nitrogen and oxygen atoms in total. The average Bonchev–Trinajstić information content (AvgIpc) is 2.72. The van der Waals surface area contributed by atoms with Crippen LogP contribution in [-0.2, 0) is 25.6 Å². The Kier molecular flexibility index (Phi) is 9.54. The second-order valence-electron chi connectivity index (χ2n) is 7.06. The van der Waals surface area contributed by atoms with Crippen molar-refractivity contribution in [2.45, 2.75) is 23.6 Å². The van der Waals surface area contributed by atoms with Gasteiger partial charge in [-0.05, 0) is 49.4 Å². The zero-order valence-electron chi connectivity index (χ0n) is 17.4. The molecule has 0 unspecified atom stereocenters. The predicted molar refractivity (Wildman–Crippen MR) is 124 cm³/mol. The van der Waals surface area contributed by atoms with E-state index in [0.29, 0.717) is 6.07 Å². The van der Waals surface area contributed by atoms with Crippen LogP contribution in [0.25, 0.3) is 0 Å². The monoisotopic (exact) mass is 537 g/mol. The number of carbonyl (C=O) groups is 2. The third-order valence-corrected chi connectivity index (χ3v) is 6.46. The predicted octanol–water partition coefficient (Wildman–Crippen LogP) is 3.03. The lowest BCUT2D eigenvalue weighted by atomic mass is 10.1. The minimum absolute atomic E-state index is 0. The van der Waals surface area contributed by atoms with Gasteiger partial charge in [0.25, 0.3) is 5.91 Å². The Morgan fingerprint density at radius 1 is 1.09 bits per heavy atom. The van der Waals surface area contributed by atoms with Crippen LogP contribution in [-0.4, -0.2) is 42.6 Å². The van der Waals surface area contributed by atoms with Crippen LogP contribution < -0.4 is 10.6 Å². The molecular formula is C20H19ClF3N3O5S2. The van der Waals surface area contributed by atoms with Crippen LogP contribution >= 0.6 is 25.1 Å². The number of anilines is 2. The van der Waals surface area contributed by atoms with Gasteiger partial charge < -0.3 is 15.7 Å². The Balaban J connectivity index is 0.00000578. The van der Waals surface area contributed by atoms with E-state index in [1.54, 1.807) is 0 Å². The van der Waals surface area contributed by atoms with E-state index >= 15 is 0 Å². The molecule has 0 bridgehead atoms. The van der Waals surface area contributed by atoms with Crippen molar-refractivity contribution >= 4 is 58.1 Å². The maximum atomic E-state index is 13.1. The van der Waals surface area contributed by atoms with E-state index in [1.165, 1.54) is 18.2 Å². The molecule has 184 valence electrons. The summed E-state index contributed by atoms with van der Waals surface area (Å²) in [5.41, 5.74) is -4.60. The lowest BCUT2D eigenvalue weighted by Gasteiger charge is -2.22. The Morgan fingerprint density at radius 3 is 2.15 bits per heavy atom. The van der Waals surface area contributed by atoms with E-state index in [-0.39, 0.29) is 35.6 Å². The number of halogens is 4. The lowest BCUT2D eigenvalue weighted by Crippen LogP contribution is -2.45. The van der Waals surface area contributed by atoms with E-state index < -0.39 is 50.3 Å². The first-order valence-electron chi connectivity index (χ1n) is 9.03. The Morgan fingerprint density at radius 2 is 1.65 bits per heavy atom. The second kappa shape index (κ2) is 11.1. The molecule has 0 aliphatic rings. The highest BCUT2D eigenvalue weighted by Crippen LogP contribution is 2.33. The molecule has 34 heavy (non-hydrogen) atoms. The number of alkyl halides is 4. The maximum Gasteiger partial charge on any atom is 0.417 e. The molecule has 0 saturated heterocycles. The molecule has 2 aromatic carbocycles. The number of amides is 2. The minimum atomic E-state index is -4.87. The number of hydrogen-bond acceptors (Lipinski definition) is 6. The molecule has 0 aliphatic carbocycles. The van der Waals surface area contributed by atoms with Crippen LogP contribution in [0, 0.1) is 11.3 Å². The Bertz CT molecular complexity index is 1210. The first-order valence-corrected chi connectivity index (χ1v) is 11.2. The van der Waals surface area contributed by atoms with Gasteiger partial charge in [0, 0.05) is 11.4 Å². The highest BCUT2D eigenvalue weighted by molar-refractivity contribution is 7.91. The molecule has 0 fully saturated rings. The van der Waals surface area contributed by atoms with Crippen molar-refractivity contribution in [1.29, 1.82) is 5.26 Å². The number of aliphatic hydroxyl groups is 1. The van der Waals surface area contributed by atoms with Crippen molar-refractivity contribution < 1.29 is 36.3 Å². The highest BCUT2D eigenvalue weighted by atomic mass is 35.5. The van der Waals surface area contributed by atoms with E-state index in [2.05, 4.69) is 5.32 Å². The van der Waals surface area contributed by atoms with E-state index in [4.69, 9.17) is 16.9 Å². The van der Waals surface area contributed by atoms with Crippen LogP contribution in [0.2, 0.25) is 0 Å². The summed E-state index contributed by atoms with van der Waals surface area (Å²) in [7, 11) is -4.22. The molecule has 0 aliphatic heterocycles. The number of benzene rings is 2. The molecular weight excluding hydrogens is 519 g/mol. The quantitative estimate of drug-likeness (QED) is 0.464. The molecule has 2 aromatic rings. The standard InChI is InChI=1S/C20H17ClF3N3O5S.H2S/c1-19(30,11-33(31,32)15-6-4-13(5-7-15)26-17(28)9-21)18(29)27-14-3-2-12(10-25)16(8-14)20(22,23)24;/h2-8,30H,9,11H2,1H3,(H,26,28)(H,27,29);1H2/t19-;/m1./s1. The molecule has 2 rings (SSSR count). The van der Waals surface area contributed by atoms with Gasteiger partial charge in [-0.3, -0.25) is 9.59 Å².